The van der Waals surface area contributed by atoms with Gasteiger partial charge in [0.05, 0.1) is 19.3 Å². The number of rotatable bonds is 11. The van der Waals surface area contributed by atoms with Crippen LogP contribution in [0, 0.1) is 0 Å². The minimum absolute atomic E-state index is 0. The van der Waals surface area contributed by atoms with Crippen molar-refractivity contribution in [1.82, 2.24) is 5.32 Å². The van der Waals surface area contributed by atoms with Gasteiger partial charge < -0.3 is 50.8 Å². The molecule has 2 unspecified atom stereocenters. The van der Waals surface area contributed by atoms with E-state index < -0.39 is 18.1 Å². The molecule has 0 aliphatic rings. The van der Waals surface area contributed by atoms with E-state index in [4.69, 9.17) is 34.7 Å². The Morgan fingerprint density at radius 2 is 1.64 bits per heavy atom. The van der Waals surface area contributed by atoms with Crippen molar-refractivity contribution in [3.05, 3.63) is 5.32 Å². The van der Waals surface area contributed by atoms with E-state index in [9.17, 15) is 9.59 Å². The maximum absolute atomic E-state index is 11.5. The summed E-state index contributed by atoms with van der Waals surface area (Å²) in [7, 11) is 0. The van der Waals surface area contributed by atoms with Gasteiger partial charge in [-0.15, -0.1) is 12.3 Å². The molecule has 0 saturated heterocycles. The molecule has 0 amide bonds. The van der Waals surface area contributed by atoms with Gasteiger partial charge in [0, 0.05) is 20.1 Å². The fourth-order valence-corrected chi connectivity index (χ4v) is 1.84. The summed E-state index contributed by atoms with van der Waals surface area (Å²) in [6, 6.07) is -1.15. The number of ether oxygens (including phenoxy) is 2. The molecule has 0 saturated carbocycles. The van der Waals surface area contributed by atoms with Crippen LogP contribution in [0.5, 0.6) is 0 Å². The zero-order chi connectivity index (χ0) is 15.4. The van der Waals surface area contributed by atoms with E-state index in [0.29, 0.717) is 26.3 Å². The summed E-state index contributed by atoms with van der Waals surface area (Å²) in [6.45, 7) is 4.86. The molecule has 1 radical (unpaired) electrons. The molecular weight excluding hydrogens is 414 g/mol. The second-order valence-electron chi connectivity index (χ2n) is 3.77. The van der Waals surface area contributed by atoms with Gasteiger partial charge in [-0.1, -0.05) is 6.04 Å². The van der Waals surface area contributed by atoms with Crippen LogP contribution >= 0.6 is 0 Å². The molecule has 0 aromatic heterocycles. The topological polar surface area (TPSA) is 107 Å². The van der Waals surface area contributed by atoms with Gasteiger partial charge in [0.1, 0.15) is 0 Å². The van der Waals surface area contributed by atoms with E-state index in [1.807, 2.05) is 0 Å². The summed E-state index contributed by atoms with van der Waals surface area (Å²) in [5.74, 6) is -0.372. The SMILES string of the molecule is CCOC(=O)C(C[S-])[N-]CCNC(C[S-])C(=O)OCC.[O-2].[Tc]. The number of hydrogen-bond donors (Lipinski definition) is 1. The van der Waals surface area contributed by atoms with Gasteiger partial charge in [0.25, 0.3) is 5.97 Å². The number of carbonyl (C=O) groups is 2. The van der Waals surface area contributed by atoms with Crippen LogP contribution in [-0.4, -0.2) is 61.8 Å². The summed E-state index contributed by atoms with van der Waals surface area (Å²) >= 11 is 9.74. The van der Waals surface area contributed by atoms with Gasteiger partial charge in [-0.3, -0.25) is 9.59 Å². The molecule has 0 spiro atoms. The number of hydrogen-bond acceptors (Lipinski definition) is 7. The van der Waals surface area contributed by atoms with Crippen molar-refractivity contribution in [2.24, 2.45) is 0 Å². The van der Waals surface area contributed by atoms with Gasteiger partial charge in [0.2, 0.25) is 0 Å². The molecule has 22 heavy (non-hydrogen) atoms. The van der Waals surface area contributed by atoms with Gasteiger partial charge in [0.15, 0.2) is 0 Å². The van der Waals surface area contributed by atoms with Crippen molar-refractivity contribution >= 4 is 37.2 Å². The van der Waals surface area contributed by atoms with E-state index in [2.05, 4.69) is 10.6 Å². The van der Waals surface area contributed by atoms with Crippen LogP contribution in [0.1, 0.15) is 13.8 Å². The Morgan fingerprint density at radius 3 is 2.09 bits per heavy atom. The molecule has 0 aromatic carbocycles. The maximum Gasteiger partial charge on any atom is 0.321 e. The predicted octanol–water partition coefficient (Wildman–Crippen LogP) is -0.214. The predicted molar refractivity (Wildman–Crippen MR) is 82.2 cm³/mol. The zero-order valence-electron chi connectivity index (χ0n) is 12.6. The van der Waals surface area contributed by atoms with Crippen molar-refractivity contribution < 1.29 is 44.6 Å². The van der Waals surface area contributed by atoms with E-state index in [1.54, 1.807) is 13.8 Å². The first-order valence-corrected chi connectivity index (χ1v) is 7.65. The Balaban J connectivity index is -0.00000180. The van der Waals surface area contributed by atoms with Crippen molar-refractivity contribution in [2.75, 3.05) is 37.8 Å². The second kappa shape index (κ2) is 17.5. The van der Waals surface area contributed by atoms with Crippen LogP contribution < -0.4 is 5.32 Å². The Kier molecular flexibility index (Phi) is 21.5. The van der Waals surface area contributed by atoms with Gasteiger partial charge in [-0.05, 0) is 20.4 Å². The van der Waals surface area contributed by atoms with Crippen LogP contribution in [0.4, 0.5) is 0 Å². The van der Waals surface area contributed by atoms with Crippen molar-refractivity contribution in [1.29, 1.82) is 0 Å². The number of nitrogens with one attached hydrogen (secondary N) is 1. The molecular formula is C12H21N2O5S2Tc-5. The third-order valence-corrected chi connectivity index (χ3v) is 2.96. The van der Waals surface area contributed by atoms with Crippen LogP contribution in [0.2, 0.25) is 0 Å². The molecule has 133 valence electrons. The summed E-state index contributed by atoms with van der Waals surface area (Å²) in [6.07, 6.45) is 0. The molecule has 10 heteroatoms. The first-order chi connectivity index (χ1) is 9.60. The molecule has 0 bridgehead atoms. The Morgan fingerprint density at radius 1 is 1.09 bits per heavy atom. The molecule has 0 aliphatic carbocycles. The molecule has 2 atom stereocenters. The Bertz CT molecular complexity index is 273. The van der Waals surface area contributed by atoms with E-state index in [1.165, 1.54) is 0 Å². The Labute approximate surface area is 156 Å². The third-order valence-electron chi connectivity index (χ3n) is 2.31. The minimum atomic E-state index is -0.628. The molecule has 0 aliphatic heterocycles. The summed E-state index contributed by atoms with van der Waals surface area (Å²) in [5.41, 5.74) is 0. The van der Waals surface area contributed by atoms with Gasteiger partial charge in [-0.2, -0.15) is 5.75 Å². The van der Waals surface area contributed by atoms with Crippen LogP contribution in [0.3, 0.4) is 0 Å². The zero-order valence-corrected chi connectivity index (χ0v) is 16.1. The minimum Gasteiger partial charge on any atom is -2.00 e. The molecule has 0 heterocycles. The van der Waals surface area contributed by atoms with Crippen LogP contribution in [-0.2, 0) is 69.9 Å². The number of carbonyl (C=O) groups excluding carboxylic acids is 2. The van der Waals surface area contributed by atoms with Crippen molar-refractivity contribution in [2.45, 2.75) is 25.9 Å². The van der Waals surface area contributed by atoms with Crippen molar-refractivity contribution in [3.63, 3.8) is 0 Å². The molecule has 0 aromatic rings. The van der Waals surface area contributed by atoms with Gasteiger partial charge in [-0.25, -0.2) is 0 Å². The van der Waals surface area contributed by atoms with Crippen molar-refractivity contribution in [3.8, 4) is 0 Å². The average molecular weight is 435 g/mol. The van der Waals surface area contributed by atoms with Crippen LogP contribution in [0.15, 0.2) is 0 Å². The Hall–Kier alpha value is 0.169. The fourth-order valence-electron chi connectivity index (χ4n) is 1.35. The first-order valence-electron chi connectivity index (χ1n) is 6.50. The standard InChI is InChI=1S/C12H23N2O4S2.O.Tc/c1-3-17-11(15)9(7-19)13-5-6-14-10(8-20)12(16)18-4-2;;/h9-10,13,19-20H,3-8H2,1-2H3;;/q-1;-2;/p-2. The third kappa shape index (κ3) is 11.7. The number of nitrogens with zero attached hydrogens (tertiary/aromatic N) is 1. The summed E-state index contributed by atoms with van der Waals surface area (Å²) in [4.78, 5) is 22.9. The summed E-state index contributed by atoms with van der Waals surface area (Å²) < 4.78 is 9.73. The summed E-state index contributed by atoms with van der Waals surface area (Å²) in [5, 5.41) is 7.09. The molecule has 1 N–H and O–H groups in total. The fraction of sp³-hybridized carbons (Fsp3) is 0.833. The first kappa shape index (κ1) is 27.0. The molecule has 0 rings (SSSR count). The van der Waals surface area contributed by atoms with E-state index in [-0.39, 0.29) is 43.1 Å². The monoisotopic (exact) mass is 434 g/mol. The largest absolute Gasteiger partial charge is 2.00 e. The molecule has 0 fully saturated rings. The van der Waals surface area contributed by atoms with Crippen LogP contribution in [0.25, 0.3) is 5.32 Å². The smallest absolute Gasteiger partial charge is 0.321 e. The molecule has 7 nitrogen and oxygen atoms in total. The average Bonchev–Trinajstić information content (AvgIpc) is 2.43. The maximum atomic E-state index is 11.5. The normalized spacial score (nSPS) is 12.4. The second-order valence-corrected chi connectivity index (χ2v) is 4.43. The van der Waals surface area contributed by atoms with Gasteiger partial charge >= 0.3 is 5.97 Å². The van der Waals surface area contributed by atoms with E-state index in [0.717, 1.165) is 0 Å². The number of esters is 2. The van der Waals surface area contributed by atoms with E-state index >= 15 is 0 Å². The quantitative estimate of drug-likeness (QED) is 0.272.